The molecule has 0 bridgehead atoms. The number of rotatable bonds is 0. The first-order chi connectivity index (χ1) is 1.41. The predicted octanol–water partition coefficient (Wildman–Crippen LogP) is 0.356. The van der Waals surface area contributed by atoms with E-state index in [0.29, 0.717) is 0 Å². The molecule has 0 aliphatic heterocycles. The second-order valence-electron chi connectivity index (χ2n) is 0.0833. The van der Waals surface area contributed by atoms with Crippen molar-refractivity contribution in [1.82, 2.24) is 0 Å². The van der Waals surface area contributed by atoms with Crippen LogP contribution < -0.4 is 0 Å². The summed E-state index contributed by atoms with van der Waals surface area (Å²) in [5, 5.41) is 0. The third kappa shape index (κ3) is 11.3. The second-order valence-corrected chi connectivity index (χ2v) is 0.250. The van der Waals surface area contributed by atoms with Gasteiger partial charge >= 0.3 is 8.34 Å². The minimum atomic E-state index is -1.42. The van der Waals surface area contributed by atoms with Gasteiger partial charge in [-0.05, 0) is 0 Å². The van der Waals surface area contributed by atoms with Gasteiger partial charge in [-0.2, -0.15) is 0 Å². The molecule has 21 valence electrons. The van der Waals surface area contributed by atoms with Crippen LogP contribution in [0, 0.1) is 35.6 Å². The Morgan fingerprint density at radius 1 is 1.25 bits per heavy atom. The molecule has 4 heavy (non-hydrogen) atoms. The molecule has 0 saturated carbocycles. The summed E-state index contributed by atoms with van der Waals surface area (Å²) >= 11 is 0. The van der Waals surface area contributed by atoms with Crippen LogP contribution in [0.3, 0.4) is 0 Å². The molecular formula is HLaO2P. The van der Waals surface area contributed by atoms with Gasteiger partial charge in [-0.1, -0.05) is 0 Å². The molecule has 0 N–H and O–H groups in total. The van der Waals surface area contributed by atoms with Crippen molar-refractivity contribution in [3.8, 4) is 0 Å². The van der Waals surface area contributed by atoms with E-state index >= 15 is 0 Å². The Balaban J connectivity index is 0. The fourth-order valence-corrected chi connectivity index (χ4v) is 0. The molecule has 0 heterocycles. The van der Waals surface area contributed by atoms with E-state index < -0.39 is 8.34 Å². The minimum absolute atomic E-state index is 0. The monoisotopic (exact) mass is 203 g/mol. The molecular weight excluding hydrogens is 202 g/mol. The smallest absolute Gasteiger partial charge is 0.241 e. The fourth-order valence-electron chi connectivity index (χ4n) is 0. The first kappa shape index (κ1) is 8.92. The van der Waals surface area contributed by atoms with Crippen LogP contribution in [0.5, 0.6) is 0 Å². The van der Waals surface area contributed by atoms with Crippen LogP contribution in [0.15, 0.2) is 0 Å². The van der Waals surface area contributed by atoms with E-state index in [4.69, 9.17) is 9.13 Å². The molecule has 0 aliphatic carbocycles. The zero-order valence-electron chi connectivity index (χ0n) is 1.89. The summed E-state index contributed by atoms with van der Waals surface area (Å²) in [7, 11) is -1.42. The summed E-state index contributed by atoms with van der Waals surface area (Å²) in [5.74, 6) is 0. The zero-order chi connectivity index (χ0) is 2.71. The maximum absolute atomic E-state index is 8.40. The van der Waals surface area contributed by atoms with E-state index in [0.717, 1.165) is 0 Å². The number of hydrogen-bond acceptors (Lipinski definition) is 2. The maximum Gasteiger partial charge on any atom is 0.303 e. The van der Waals surface area contributed by atoms with E-state index in [9.17, 15) is 0 Å². The molecule has 0 aliphatic rings. The van der Waals surface area contributed by atoms with Crippen molar-refractivity contribution in [2.45, 2.75) is 0 Å². The van der Waals surface area contributed by atoms with Crippen LogP contribution in [0.4, 0.5) is 0 Å². The molecule has 0 unspecified atom stereocenters. The summed E-state index contributed by atoms with van der Waals surface area (Å²) in [5.41, 5.74) is 0. The summed E-state index contributed by atoms with van der Waals surface area (Å²) in [6.07, 6.45) is 0. The first-order valence-corrected chi connectivity index (χ1v) is 1.22. The molecule has 0 aromatic carbocycles. The van der Waals surface area contributed by atoms with Crippen LogP contribution >= 0.6 is 8.34 Å². The molecule has 0 spiro atoms. The van der Waals surface area contributed by atoms with Crippen molar-refractivity contribution >= 4 is 8.34 Å². The molecule has 0 fully saturated rings. The van der Waals surface area contributed by atoms with E-state index in [1.54, 1.807) is 0 Å². The SMILES string of the molecule is O=[PH]=O.[La]. The topological polar surface area (TPSA) is 34.1 Å². The minimum Gasteiger partial charge on any atom is -0.241 e. The van der Waals surface area contributed by atoms with Gasteiger partial charge in [0.25, 0.3) is 0 Å². The van der Waals surface area contributed by atoms with E-state index in [1.165, 1.54) is 0 Å². The Morgan fingerprint density at radius 2 is 1.25 bits per heavy atom. The van der Waals surface area contributed by atoms with Crippen LogP contribution in [0.1, 0.15) is 0 Å². The Bertz CT molecular complexity index is 27.0. The summed E-state index contributed by atoms with van der Waals surface area (Å²) < 4.78 is 16.8. The molecule has 2 nitrogen and oxygen atoms in total. The molecule has 0 aromatic heterocycles. The average molecular weight is 203 g/mol. The summed E-state index contributed by atoms with van der Waals surface area (Å²) in [6.45, 7) is 0. The van der Waals surface area contributed by atoms with Crippen LogP contribution in [-0.4, -0.2) is 0 Å². The van der Waals surface area contributed by atoms with Gasteiger partial charge in [0.1, 0.15) is 0 Å². The molecule has 0 atom stereocenters. The maximum atomic E-state index is 8.40. The van der Waals surface area contributed by atoms with E-state index in [1.807, 2.05) is 0 Å². The molecule has 0 saturated heterocycles. The third-order valence-corrected chi connectivity index (χ3v) is 0. The third-order valence-electron chi connectivity index (χ3n) is 0. The van der Waals surface area contributed by atoms with Crippen LogP contribution in [-0.2, 0) is 9.13 Å². The number of hydrogen-bond donors (Lipinski definition) is 0. The summed E-state index contributed by atoms with van der Waals surface area (Å²) in [4.78, 5) is 0. The van der Waals surface area contributed by atoms with Gasteiger partial charge in [-0.3, -0.25) is 0 Å². The Labute approximate surface area is 52.8 Å². The van der Waals surface area contributed by atoms with Gasteiger partial charge in [0, 0.05) is 35.6 Å². The molecule has 0 amide bonds. The molecule has 1 radical (unpaired) electrons. The van der Waals surface area contributed by atoms with Crippen molar-refractivity contribution < 1.29 is 44.7 Å². The Hall–Kier alpha value is 1.09. The van der Waals surface area contributed by atoms with E-state index in [2.05, 4.69) is 0 Å². The Morgan fingerprint density at radius 3 is 1.25 bits per heavy atom. The van der Waals surface area contributed by atoms with Gasteiger partial charge in [0.05, 0.1) is 0 Å². The molecule has 0 rings (SSSR count). The van der Waals surface area contributed by atoms with Crippen molar-refractivity contribution in [2.75, 3.05) is 0 Å². The quantitative estimate of drug-likeness (QED) is 0.532. The van der Waals surface area contributed by atoms with Crippen molar-refractivity contribution in [2.24, 2.45) is 0 Å². The van der Waals surface area contributed by atoms with Crippen LogP contribution in [0.2, 0.25) is 0 Å². The molecule has 4 heteroatoms. The van der Waals surface area contributed by atoms with Gasteiger partial charge in [-0.25, -0.2) is 9.13 Å². The van der Waals surface area contributed by atoms with Gasteiger partial charge < -0.3 is 0 Å². The zero-order valence-corrected chi connectivity index (χ0v) is 6.52. The first-order valence-electron chi connectivity index (χ1n) is 0.408. The van der Waals surface area contributed by atoms with Crippen LogP contribution in [0.25, 0.3) is 0 Å². The average Bonchev–Trinajstić information content (AvgIpc) is 0.918. The van der Waals surface area contributed by atoms with Gasteiger partial charge in [-0.15, -0.1) is 0 Å². The van der Waals surface area contributed by atoms with Crippen molar-refractivity contribution in [3.05, 3.63) is 0 Å². The second kappa shape index (κ2) is 8.94. The standard InChI is InChI=1S/La.HO2P/c;1-3-2/h;3H. The van der Waals surface area contributed by atoms with Gasteiger partial charge in [0.15, 0.2) is 0 Å². The van der Waals surface area contributed by atoms with E-state index in [-0.39, 0.29) is 35.6 Å². The molecule has 0 aromatic rings. The Kier molecular flexibility index (Phi) is 19.9. The van der Waals surface area contributed by atoms with Gasteiger partial charge in [0.2, 0.25) is 0 Å². The summed E-state index contributed by atoms with van der Waals surface area (Å²) in [6, 6.07) is 0. The largest absolute Gasteiger partial charge is 0.303 e. The van der Waals surface area contributed by atoms with Crippen molar-refractivity contribution in [1.29, 1.82) is 0 Å². The van der Waals surface area contributed by atoms with Crippen molar-refractivity contribution in [3.63, 3.8) is 0 Å². The normalized spacial score (nSPS) is 3.00. The predicted molar refractivity (Wildman–Crippen MR) is 9.69 cm³/mol. The fraction of sp³-hybridized carbons (Fsp3) is 0.